The Hall–Kier alpha value is -3.07. The Morgan fingerprint density at radius 3 is 2.49 bits per heavy atom. The Kier molecular flexibility index (Phi) is 7.69. The van der Waals surface area contributed by atoms with Gasteiger partial charge in [-0.25, -0.2) is 0 Å². The highest BCUT2D eigenvalue weighted by Crippen LogP contribution is 2.40. The lowest BCUT2D eigenvalue weighted by atomic mass is 10.0. The van der Waals surface area contributed by atoms with E-state index >= 15 is 0 Å². The second kappa shape index (κ2) is 11.1. The zero-order valence-corrected chi connectivity index (χ0v) is 23.7. The smallest absolute Gasteiger partial charge is 0.293 e. The molecule has 186 valence electrons. The first kappa shape index (κ1) is 25.6. The summed E-state index contributed by atoms with van der Waals surface area (Å²) in [5.74, 6) is 0.771. The quantitative estimate of drug-likeness (QED) is 0.191. The lowest BCUT2D eigenvalue weighted by Crippen LogP contribution is -2.27. The number of ether oxygens (including phenoxy) is 2. The Balaban J connectivity index is 1.36. The van der Waals surface area contributed by atoms with Gasteiger partial charge in [0, 0.05) is 4.47 Å². The van der Waals surface area contributed by atoms with Crippen LogP contribution in [0.25, 0.3) is 16.8 Å². The van der Waals surface area contributed by atoms with E-state index in [1.807, 2.05) is 72.8 Å². The van der Waals surface area contributed by atoms with Gasteiger partial charge >= 0.3 is 0 Å². The van der Waals surface area contributed by atoms with Gasteiger partial charge in [-0.2, -0.15) is 0 Å². The summed E-state index contributed by atoms with van der Waals surface area (Å²) in [7, 11) is 1.57. The highest BCUT2D eigenvalue weighted by Gasteiger charge is 2.35. The first-order valence-corrected chi connectivity index (χ1v) is 13.8. The maximum absolute atomic E-state index is 13.2. The highest BCUT2D eigenvalue weighted by molar-refractivity contribution is 9.10. The minimum Gasteiger partial charge on any atom is -0.493 e. The van der Waals surface area contributed by atoms with Crippen LogP contribution in [0.5, 0.6) is 11.5 Å². The Morgan fingerprint density at radius 2 is 1.70 bits per heavy atom. The molecule has 0 bridgehead atoms. The van der Waals surface area contributed by atoms with Gasteiger partial charge in [-0.05, 0) is 85.5 Å². The number of methoxy groups -OCH3 is 1. The van der Waals surface area contributed by atoms with Crippen LogP contribution in [0.2, 0.25) is 0 Å². The number of hydrogen-bond acceptors (Lipinski definition) is 5. The zero-order valence-electron chi connectivity index (χ0n) is 19.7. The number of hydrogen-bond donors (Lipinski definition) is 0. The number of amides is 2. The maximum atomic E-state index is 13.2. The third kappa shape index (κ3) is 5.61. The Bertz CT molecular complexity index is 1530. The van der Waals surface area contributed by atoms with E-state index < -0.39 is 0 Å². The second-order valence-electron chi connectivity index (χ2n) is 8.36. The molecule has 1 heterocycles. The zero-order chi connectivity index (χ0) is 25.9. The van der Waals surface area contributed by atoms with Crippen molar-refractivity contribution in [2.45, 2.75) is 13.2 Å². The number of halogens is 2. The molecule has 1 aliphatic rings. The number of imide groups is 1. The van der Waals surface area contributed by atoms with Gasteiger partial charge in [-0.3, -0.25) is 14.5 Å². The van der Waals surface area contributed by atoms with Gasteiger partial charge in [0.25, 0.3) is 11.1 Å². The largest absolute Gasteiger partial charge is 0.493 e. The summed E-state index contributed by atoms with van der Waals surface area (Å²) in [5, 5.41) is 1.81. The first-order chi connectivity index (χ1) is 17.9. The van der Waals surface area contributed by atoms with Crippen LogP contribution < -0.4 is 9.47 Å². The van der Waals surface area contributed by atoms with E-state index in [1.54, 1.807) is 19.3 Å². The molecule has 0 aliphatic carbocycles. The van der Waals surface area contributed by atoms with Crippen LogP contribution in [0, 0.1) is 0 Å². The van der Waals surface area contributed by atoms with Crippen molar-refractivity contribution in [3.8, 4) is 11.5 Å². The van der Waals surface area contributed by atoms with Crippen molar-refractivity contribution < 1.29 is 19.1 Å². The number of carbonyl (C=O) groups excluding carboxylic acids is 2. The fraction of sp³-hybridized carbons (Fsp3) is 0.103. The van der Waals surface area contributed by atoms with E-state index in [2.05, 4.69) is 31.9 Å². The number of fused-ring (bicyclic) bond motifs is 1. The van der Waals surface area contributed by atoms with Crippen molar-refractivity contribution in [2.75, 3.05) is 7.11 Å². The van der Waals surface area contributed by atoms with Crippen LogP contribution in [0.15, 0.2) is 92.7 Å². The molecule has 4 aromatic carbocycles. The van der Waals surface area contributed by atoms with Crippen molar-refractivity contribution in [3.63, 3.8) is 0 Å². The number of rotatable bonds is 7. The molecule has 0 spiro atoms. The Labute approximate surface area is 235 Å². The summed E-state index contributed by atoms with van der Waals surface area (Å²) in [5.41, 5.74) is 2.66. The van der Waals surface area contributed by atoms with E-state index in [4.69, 9.17) is 9.47 Å². The molecule has 0 N–H and O–H groups in total. The molecule has 5 nitrogen and oxygen atoms in total. The fourth-order valence-electron chi connectivity index (χ4n) is 4.09. The molecule has 5 rings (SSSR count). The molecule has 4 aromatic rings. The molecular weight excluding hydrogens is 618 g/mol. The van der Waals surface area contributed by atoms with E-state index in [9.17, 15) is 9.59 Å². The van der Waals surface area contributed by atoms with Crippen LogP contribution in [0.3, 0.4) is 0 Å². The summed E-state index contributed by atoms with van der Waals surface area (Å²) in [6.45, 7) is 0.591. The standard InChI is InChI=1S/C29H21Br2NO4S/c1-35-25-14-19(13-24(31)27(25)36-17-18-9-11-22(30)12-10-18)15-26-28(33)32(29(34)37-26)16-21-7-4-6-20-5-2-3-8-23(20)21/h2-15H,16-17H2,1H3/b26-15+. The molecule has 1 fully saturated rings. The van der Waals surface area contributed by atoms with Crippen LogP contribution in [0.1, 0.15) is 16.7 Å². The molecule has 2 amide bonds. The maximum Gasteiger partial charge on any atom is 0.293 e. The number of benzene rings is 4. The summed E-state index contributed by atoms with van der Waals surface area (Å²) < 4.78 is 13.3. The normalized spacial score (nSPS) is 14.6. The fourth-order valence-corrected chi connectivity index (χ4v) is 5.76. The molecule has 37 heavy (non-hydrogen) atoms. The molecule has 0 saturated carbocycles. The molecule has 0 radical (unpaired) electrons. The van der Waals surface area contributed by atoms with Gasteiger partial charge in [-0.1, -0.05) is 70.5 Å². The number of carbonyl (C=O) groups is 2. The van der Waals surface area contributed by atoms with Gasteiger partial charge in [0.1, 0.15) is 6.61 Å². The van der Waals surface area contributed by atoms with Crippen LogP contribution >= 0.6 is 43.6 Å². The van der Waals surface area contributed by atoms with Gasteiger partial charge in [0.05, 0.1) is 23.0 Å². The average molecular weight is 639 g/mol. The van der Waals surface area contributed by atoms with E-state index in [1.165, 1.54) is 4.90 Å². The lowest BCUT2D eigenvalue weighted by Gasteiger charge is -2.15. The molecule has 1 aliphatic heterocycles. The third-order valence-electron chi connectivity index (χ3n) is 5.93. The highest BCUT2D eigenvalue weighted by atomic mass is 79.9. The molecule has 1 saturated heterocycles. The van der Waals surface area contributed by atoms with Gasteiger partial charge in [0.2, 0.25) is 0 Å². The molecule has 0 aromatic heterocycles. The van der Waals surface area contributed by atoms with E-state index in [-0.39, 0.29) is 17.7 Å². The monoisotopic (exact) mass is 637 g/mol. The van der Waals surface area contributed by atoms with Crippen molar-refractivity contribution in [2.24, 2.45) is 0 Å². The van der Waals surface area contributed by atoms with E-state index in [0.29, 0.717) is 27.5 Å². The van der Waals surface area contributed by atoms with Crippen LogP contribution in [-0.4, -0.2) is 23.2 Å². The molecule has 0 atom stereocenters. The number of thioether (sulfide) groups is 1. The van der Waals surface area contributed by atoms with Crippen molar-refractivity contribution in [1.29, 1.82) is 0 Å². The summed E-state index contributed by atoms with van der Waals surface area (Å²) >= 11 is 7.94. The minimum atomic E-state index is -0.311. The van der Waals surface area contributed by atoms with Gasteiger partial charge < -0.3 is 9.47 Å². The van der Waals surface area contributed by atoms with Crippen molar-refractivity contribution in [3.05, 3.63) is 109 Å². The SMILES string of the molecule is COc1cc(/C=C2/SC(=O)N(Cc3cccc4ccccc34)C2=O)cc(Br)c1OCc1ccc(Br)cc1. The van der Waals surface area contributed by atoms with Crippen LogP contribution in [0.4, 0.5) is 4.79 Å². The third-order valence-corrected chi connectivity index (χ3v) is 7.95. The molecular formula is C29H21Br2NO4S. The second-order valence-corrected chi connectivity index (χ2v) is 11.1. The molecule has 0 unspecified atom stereocenters. The Morgan fingerprint density at radius 1 is 0.946 bits per heavy atom. The topological polar surface area (TPSA) is 55.8 Å². The predicted molar refractivity (Wildman–Crippen MR) is 155 cm³/mol. The van der Waals surface area contributed by atoms with E-state index in [0.717, 1.165) is 43.7 Å². The van der Waals surface area contributed by atoms with Crippen molar-refractivity contribution >= 4 is 71.6 Å². The van der Waals surface area contributed by atoms with Crippen molar-refractivity contribution in [1.82, 2.24) is 4.90 Å². The predicted octanol–water partition coefficient (Wildman–Crippen LogP) is 8.19. The summed E-state index contributed by atoms with van der Waals surface area (Å²) in [6.07, 6.45) is 1.71. The minimum absolute atomic E-state index is 0.221. The summed E-state index contributed by atoms with van der Waals surface area (Å²) in [6, 6.07) is 25.4. The van der Waals surface area contributed by atoms with Gasteiger partial charge in [-0.15, -0.1) is 0 Å². The first-order valence-electron chi connectivity index (χ1n) is 11.4. The number of nitrogens with zero attached hydrogens (tertiary/aromatic N) is 1. The lowest BCUT2D eigenvalue weighted by molar-refractivity contribution is -0.123. The van der Waals surface area contributed by atoms with Crippen LogP contribution in [-0.2, 0) is 17.9 Å². The van der Waals surface area contributed by atoms with Gasteiger partial charge in [0.15, 0.2) is 11.5 Å². The summed E-state index contributed by atoms with van der Waals surface area (Å²) in [4.78, 5) is 27.6. The average Bonchev–Trinajstić information content (AvgIpc) is 3.16. The molecule has 8 heteroatoms.